The molecule has 6 heteroatoms. The summed E-state index contributed by atoms with van der Waals surface area (Å²) in [5.74, 6) is -0.143. The number of rotatable bonds is 3. The Morgan fingerprint density at radius 2 is 1.74 bits per heavy atom. The second-order valence-electron chi connectivity index (χ2n) is 5.52. The molecular weight excluding hydrogens is 355 g/mol. The molecule has 3 nitrogen and oxygen atoms in total. The minimum absolute atomic E-state index is 0.143. The Hall–Kier alpha value is -1.26. The number of hydrogen-bond acceptors (Lipinski definition) is 2. The predicted octanol–water partition coefficient (Wildman–Crippen LogP) is 4.64. The maximum atomic E-state index is 12.3. The Morgan fingerprint density at radius 3 is 2.43 bits per heavy atom. The van der Waals surface area contributed by atoms with Gasteiger partial charge in [-0.25, -0.2) is 0 Å². The number of nitrogens with one attached hydrogen (secondary N) is 1. The molecule has 0 saturated carbocycles. The summed E-state index contributed by atoms with van der Waals surface area (Å²) in [7, 11) is 0. The smallest absolute Gasteiger partial charge is 0.238 e. The topological polar surface area (TPSA) is 32.3 Å². The van der Waals surface area contributed by atoms with E-state index in [1.165, 1.54) is 11.1 Å². The summed E-state index contributed by atoms with van der Waals surface area (Å²) >= 11 is 18.1. The molecule has 2 aromatic carbocycles. The van der Waals surface area contributed by atoms with Crippen molar-refractivity contribution < 1.29 is 4.79 Å². The SMILES string of the molecule is O=C(CN1CCc2ccccc2C1)Nc1c(Cl)cc(Cl)cc1Cl. The molecule has 1 N–H and O–H groups in total. The van der Waals surface area contributed by atoms with Gasteiger partial charge in [0.2, 0.25) is 5.91 Å². The molecule has 1 amide bonds. The molecule has 0 saturated heterocycles. The number of carbonyl (C=O) groups is 1. The van der Waals surface area contributed by atoms with E-state index in [0.717, 1.165) is 19.5 Å². The van der Waals surface area contributed by atoms with E-state index >= 15 is 0 Å². The first-order valence-electron chi connectivity index (χ1n) is 7.26. The normalized spacial score (nSPS) is 14.4. The zero-order valence-corrected chi connectivity index (χ0v) is 14.5. The lowest BCUT2D eigenvalue weighted by atomic mass is 10.00. The zero-order chi connectivity index (χ0) is 16.4. The maximum Gasteiger partial charge on any atom is 0.238 e. The van der Waals surface area contributed by atoms with E-state index in [0.29, 0.717) is 27.3 Å². The van der Waals surface area contributed by atoms with Crippen molar-refractivity contribution in [2.45, 2.75) is 13.0 Å². The van der Waals surface area contributed by atoms with Crippen molar-refractivity contribution in [2.75, 3.05) is 18.4 Å². The second kappa shape index (κ2) is 7.10. The molecule has 0 radical (unpaired) electrons. The van der Waals surface area contributed by atoms with Crippen LogP contribution in [0.5, 0.6) is 0 Å². The lowest BCUT2D eigenvalue weighted by Crippen LogP contribution is -2.37. The first-order valence-corrected chi connectivity index (χ1v) is 8.40. The molecule has 0 aliphatic carbocycles. The van der Waals surface area contributed by atoms with Crippen LogP contribution in [0.15, 0.2) is 36.4 Å². The summed E-state index contributed by atoms with van der Waals surface area (Å²) in [6.45, 7) is 1.92. The van der Waals surface area contributed by atoms with E-state index in [1.54, 1.807) is 12.1 Å². The lowest BCUT2D eigenvalue weighted by molar-refractivity contribution is -0.117. The van der Waals surface area contributed by atoms with Gasteiger partial charge in [0, 0.05) is 18.1 Å². The Morgan fingerprint density at radius 1 is 1.09 bits per heavy atom. The van der Waals surface area contributed by atoms with Gasteiger partial charge in [-0.15, -0.1) is 0 Å². The van der Waals surface area contributed by atoms with E-state index < -0.39 is 0 Å². The van der Waals surface area contributed by atoms with Gasteiger partial charge in [0.05, 0.1) is 22.3 Å². The van der Waals surface area contributed by atoms with Crippen LogP contribution in [0.1, 0.15) is 11.1 Å². The Labute approximate surface area is 150 Å². The van der Waals surface area contributed by atoms with Gasteiger partial charge in [0.1, 0.15) is 0 Å². The fourth-order valence-electron chi connectivity index (χ4n) is 2.73. The van der Waals surface area contributed by atoms with Crippen LogP contribution < -0.4 is 5.32 Å². The van der Waals surface area contributed by atoms with Gasteiger partial charge < -0.3 is 5.32 Å². The van der Waals surface area contributed by atoms with Gasteiger partial charge in [-0.1, -0.05) is 59.1 Å². The van der Waals surface area contributed by atoms with Crippen molar-refractivity contribution in [3.05, 3.63) is 62.6 Å². The minimum Gasteiger partial charge on any atom is -0.322 e. The van der Waals surface area contributed by atoms with Crippen molar-refractivity contribution in [1.29, 1.82) is 0 Å². The number of halogens is 3. The number of nitrogens with zero attached hydrogens (tertiary/aromatic N) is 1. The summed E-state index contributed by atoms with van der Waals surface area (Å²) in [6.07, 6.45) is 0.950. The molecule has 0 atom stereocenters. The molecule has 0 spiro atoms. The summed E-state index contributed by atoms with van der Waals surface area (Å²) in [6, 6.07) is 11.4. The molecule has 23 heavy (non-hydrogen) atoms. The molecule has 0 aromatic heterocycles. The van der Waals surface area contributed by atoms with Crippen LogP contribution in [-0.2, 0) is 17.8 Å². The van der Waals surface area contributed by atoms with Gasteiger partial charge in [0.15, 0.2) is 0 Å². The number of hydrogen-bond donors (Lipinski definition) is 1. The fourth-order valence-corrected chi connectivity index (χ4v) is 3.64. The van der Waals surface area contributed by atoms with E-state index in [1.807, 2.05) is 12.1 Å². The molecule has 0 unspecified atom stereocenters. The lowest BCUT2D eigenvalue weighted by Gasteiger charge is -2.28. The Bertz CT molecular complexity index is 725. The van der Waals surface area contributed by atoms with Crippen LogP contribution in [-0.4, -0.2) is 23.9 Å². The summed E-state index contributed by atoms with van der Waals surface area (Å²) < 4.78 is 0. The second-order valence-corrected chi connectivity index (χ2v) is 6.77. The zero-order valence-electron chi connectivity index (χ0n) is 12.3. The molecule has 3 rings (SSSR count). The molecule has 1 aliphatic heterocycles. The molecule has 2 aromatic rings. The standard InChI is InChI=1S/C17H15Cl3N2O/c18-13-7-14(19)17(15(20)8-13)21-16(23)10-22-6-5-11-3-1-2-4-12(11)9-22/h1-4,7-8H,5-6,9-10H2,(H,21,23). The number of amides is 1. The van der Waals surface area contributed by atoms with E-state index in [2.05, 4.69) is 22.3 Å². The van der Waals surface area contributed by atoms with Crippen LogP contribution in [0.25, 0.3) is 0 Å². The highest BCUT2D eigenvalue weighted by molar-refractivity contribution is 6.42. The van der Waals surface area contributed by atoms with Crippen molar-refractivity contribution in [1.82, 2.24) is 4.90 Å². The number of anilines is 1. The van der Waals surface area contributed by atoms with Crippen LogP contribution in [0, 0.1) is 0 Å². The Balaban J connectivity index is 1.65. The van der Waals surface area contributed by atoms with Gasteiger partial charge in [-0.05, 0) is 29.7 Å². The predicted molar refractivity (Wildman–Crippen MR) is 95.5 cm³/mol. The van der Waals surface area contributed by atoms with Crippen molar-refractivity contribution in [3.8, 4) is 0 Å². The first-order chi connectivity index (χ1) is 11.0. The van der Waals surface area contributed by atoms with Crippen LogP contribution in [0.2, 0.25) is 15.1 Å². The molecule has 1 aliphatic rings. The monoisotopic (exact) mass is 368 g/mol. The summed E-state index contributed by atoms with van der Waals surface area (Å²) in [4.78, 5) is 14.4. The number of carbonyl (C=O) groups excluding carboxylic acids is 1. The summed E-state index contributed by atoms with van der Waals surface area (Å²) in [5.41, 5.74) is 3.03. The highest BCUT2D eigenvalue weighted by atomic mass is 35.5. The molecular formula is C17H15Cl3N2O. The molecule has 0 bridgehead atoms. The van der Waals surface area contributed by atoms with Crippen molar-refractivity contribution in [2.24, 2.45) is 0 Å². The summed E-state index contributed by atoms with van der Waals surface area (Å²) in [5, 5.41) is 3.88. The van der Waals surface area contributed by atoms with Crippen LogP contribution in [0.3, 0.4) is 0 Å². The number of benzene rings is 2. The van der Waals surface area contributed by atoms with E-state index in [-0.39, 0.29) is 5.91 Å². The highest BCUT2D eigenvalue weighted by Gasteiger charge is 2.19. The van der Waals surface area contributed by atoms with Crippen LogP contribution in [0.4, 0.5) is 5.69 Å². The third-order valence-electron chi connectivity index (χ3n) is 3.85. The number of fused-ring (bicyclic) bond motifs is 1. The van der Waals surface area contributed by atoms with E-state index in [4.69, 9.17) is 34.8 Å². The molecule has 1 heterocycles. The Kier molecular flexibility index (Phi) is 5.12. The minimum atomic E-state index is -0.143. The van der Waals surface area contributed by atoms with Gasteiger partial charge in [-0.2, -0.15) is 0 Å². The van der Waals surface area contributed by atoms with Gasteiger partial charge in [-0.3, -0.25) is 9.69 Å². The van der Waals surface area contributed by atoms with Crippen LogP contribution >= 0.6 is 34.8 Å². The van der Waals surface area contributed by atoms with Gasteiger partial charge in [0.25, 0.3) is 0 Å². The van der Waals surface area contributed by atoms with E-state index in [9.17, 15) is 4.79 Å². The molecule has 0 fully saturated rings. The van der Waals surface area contributed by atoms with Crippen molar-refractivity contribution in [3.63, 3.8) is 0 Å². The average Bonchev–Trinajstić information content (AvgIpc) is 2.51. The quantitative estimate of drug-likeness (QED) is 0.854. The third-order valence-corrected chi connectivity index (χ3v) is 4.66. The fraction of sp³-hybridized carbons (Fsp3) is 0.235. The van der Waals surface area contributed by atoms with Gasteiger partial charge >= 0.3 is 0 Å². The highest BCUT2D eigenvalue weighted by Crippen LogP contribution is 2.33. The third kappa shape index (κ3) is 3.99. The maximum absolute atomic E-state index is 12.3. The first kappa shape index (κ1) is 16.6. The van der Waals surface area contributed by atoms with Crippen molar-refractivity contribution >= 4 is 46.4 Å². The average molecular weight is 370 g/mol. The molecule has 120 valence electrons. The largest absolute Gasteiger partial charge is 0.322 e.